The van der Waals surface area contributed by atoms with E-state index in [1.807, 2.05) is 39.0 Å². The summed E-state index contributed by atoms with van der Waals surface area (Å²) in [6.45, 7) is 7.34. The topological polar surface area (TPSA) is 93.7 Å². The number of aryl methyl sites for hydroxylation is 1. The number of ether oxygens (including phenoxy) is 2. The molecule has 0 aliphatic heterocycles. The second-order valence-corrected chi connectivity index (χ2v) is 7.17. The SMILES string of the molecule is CCC(=O)c1ccc(OCC(=O)NNC(=O)COc2cc(C)ccc2C(C)C)cc1. The number of nitrogens with one attached hydrogen (secondary N) is 2. The Morgan fingerprint density at radius 3 is 2.07 bits per heavy atom. The molecule has 2 amide bonds. The molecule has 0 saturated heterocycles. The van der Waals surface area contributed by atoms with Crippen LogP contribution in [-0.2, 0) is 9.59 Å². The second kappa shape index (κ2) is 11.0. The fraction of sp³-hybridized carbons (Fsp3) is 0.348. The van der Waals surface area contributed by atoms with Gasteiger partial charge in [0.15, 0.2) is 19.0 Å². The summed E-state index contributed by atoms with van der Waals surface area (Å²) in [5.41, 5.74) is 7.21. The van der Waals surface area contributed by atoms with Crippen LogP contribution in [0.4, 0.5) is 0 Å². The van der Waals surface area contributed by atoms with Crippen molar-refractivity contribution in [3.63, 3.8) is 0 Å². The van der Waals surface area contributed by atoms with Gasteiger partial charge in [-0.05, 0) is 54.3 Å². The van der Waals surface area contributed by atoms with E-state index in [1.54, 1.807) is 31.2 Å². The quantitative estimate of drug-likeness (QED) is 0.487. The summed E-state index contributed by atoms with van der Waals surface area (Å²) in [6.07, 6.45) is 0.425. The Balaban J connectivity index is 1.75. The van der Waals surface area contributed by atoms with Crippen molar-refractivity contribution in [2.24, 2.45) is 0 Å². The predicted octanol–water partition coefficient (Wildman–Crippen LogP) is 3.32. The lowest BCUT2D eigenvalue weighted by Crippen LogP contribution is -2.45. The highest BCUT2D eigenvalue weighted by molar-refractivity contribution is 5.95. The molecule has 7 heteroatoms. The molecule has 0 aromatic heterocycles. The minimum atomic E-state index is -0.518. The van der Waals surface area contributed by atoms with Crippen molar-refractivity contribution in [1.82, 2.24) is 10.9 Å². The van der Waals surface area contributed by atoms with Crippen LogP contribution in [0.15, 0.2) is 42.5 Å². The number of hydrogen-bond acceptors (Lipinski definition) is 5. The molecule has 0 spiro atoms. The van der Waals surface area contributed by atoms with E-state index in [2.05, 4.69) is 10.9 Å². The van der Waals surface area contributed by atoms with Crippen LogP contribution in [0, 0.1) is 6.92 Å². The van der Waals surface area contributed by atoms with Crippen molar-refractivity contribution >= 4 is 17.6 Å². The highest BCUT2D eigenvalue weighted by Gasteiger charge is 2.11. The lowest BCUT2D eigenvalue weighted by Gasteiger charge is -2.15. The number of hydrazine groups is 1. The Morgan fingerprint density at radius 1 is 0.900 bits per heavy atom. The molecular weight excluding hydrogens is 384 g/mol. The van der Waals surface area contributed by atoms with Gasteiger partial charge < -0.3 is 9.47 Å². The Morgan fingerprint density at radius 2 is 1.50 bits per heavy atom. The maximum Gasteiger partial charge on any atom is 0.276 e. The van der Waals surface area contributed by atoms with Gasteiger partial charge in [0.05, 0.1) is 0 Å². The number of amides is 2. The summed E-state index contributed by atoms with van der Waals surface area (Å²) in [4.78, 5) is 35.4. The largest absolute Gasteiger partial charge is 0.484 e. The fourth-order valence-corrected chi connectivity index (χ4v) is 2.69. The third kappa shape index (κ3) is 6.92. The van der Waals surface area contributed by atoms with Gasteiger partial charge in [-0.2, -0.15) is 0 Å². The van der Waals surface area contributed by atoms with Crippen LogP contribution in [-0.4, -0.2) is 30.8 Å². The van der Waals surface area contributed by atoms with E-state index < -0.39 is 11.8 Å². The molecule has 0 bridgehead atoms. The molecule has 0 unspecified atom stereocenters. The van der Waals surface area contributed by atoms with Crippen LogP contribution in [0.3, 0.4) is 0 Å². The molecule has 2 N–H and O–H groups in total. The summed E-state index contributed by atoms with van der Waals surface area (Å²) in [5, 5.41) is 0. The Kier molecular flexibility index (Phi) is 8.41. The number of Topliss-reactive ketones (excluding diaryl/α,β-unsaturated/α-hetero) is 1. The van der Waals surface area contributed by atoms with Crippen molar-refractivity contribution in [3.8, 4) is 11.5 Å². The maximum atomic E-state index is 12.0. The van der Waals surface area contributed by atoms with E-state index in [1.165, 1.54) is 0 Å². The van der Waals surface area contributed by atoms with E-state index in [4.69, 9.17) is 9.47 Å². The van der Waals surface area contributed by atoms with Crippen molar-refractivity contribution in [3.05, 3.63) is 59.2 Å². The standard InChI is InChI=1S/C23H28N2O5/c1-5-20(26)17-7-9-18(10-8-17)29-13-22(27)24-25-23(28)14-30-21-12-16(4)6-11-19(21)15(2)3/h6-12,15H,5,13-14H2,1-4H3,(H,24,27)(H,25,28). The first kappa shape index (κ1) is 22.9. The summed E-state index contributed by atoms with van der Waals surface area (Å²) >= 11 is 0. The number of rotatable bonds is 9. The van der Waals surface area contributed by atoms with E-state index in [0.29, 0.717) is 23.5 Å². The van der Waals surface area contributed by atoms with Crippen LogP contribution in [0.1, 0.15) is 54.6 Å². The normalized spacial score (nSPS) is 10.4. The molecule has 7 nitrogen and oxygen atoms in total. The second-order valence-electron chi connectivity index (χ2n) is 7.17. The zero-order chi connectivity index (χ0) is 22.1. The van der Waals surface area contributed by atoms with Gasteiger partial charge in [0.1, 0.15) is 11.5 Å². The number of benzene rings is 2. The first-order valence-electron chi connectivity index (χ1n) is 9.87. The lowest BCUT2D eigenvalue weighted by atomic mass is 10.0. The fourth-order valence-electron chi connectivity index (χ4n) is 2.69. The molecule has 0 aliphatic carbocycles. The van der Waals surface area contributed by atoms with Gasteiger partial charge >= 0.3 is 0 Å². The number of carbonyl (C=O) groups is 3. The Labute approximate surface area is 176 Å². The highest BCUT2D eigenvalue weighted by Crippen LogP contribution is 2.27. The minimum absolute atomic E-state index is 0.0374. The minimum Gasteiger partial charge on any atom is -0.484 e. The Hall–Kier alpha value is -3.35. The maximum absolute atomic E-state index is 12.0. The van der Waals surface area contributed by atoms with Crippen molar-refractivity contribution in [2.45, 2.75) is 40.0 Å². The van der Waals surface area contributed by atoms with Crippen molar-refractivity contribution in [2.75, 3.05) is 13.2 Å². The van der Waals surface area contributed by atoms with Crippen LogP contribution < -0.4 is 20.3 Å². The van der Waals surface area contributed by atoms with Crippen molar-refractivity contribution < 1.29 is 23.9 Å². The Bertz CT molecular complexity index is 891. The number of carbonyl (C=O) groups excluding carboxylic acids is 3. The van der Waals surface area contributed by atoms with Crippen LogP contribution in [0.2, 0.25) is 0 Å². The number of hydrogen-bond donors (Lipinski definition) is 2. The van der Waals surface area contributed by atoms with Gasteiger partial charge in [-0.15, -0.1) is 0 Å². The van der Waals surface area contributed by atoms with Gasteiger partial charge in [-0.25, -0.2) is 0 Å². The average molecular weight is 412 g/mol. The third-order valence-corrected chi connectivity index (χ3v) is 4.36. The molecule has 160 valence electrons. The molecule has 0 atom stereocenters. The molecule has 30 heavy (non-hydrogen) atoms. The van der Waals surface area contributed by atoms with Crippen LogP contribution in [0.5, 0.6) is 11.5 Å². The number of ketones is 1. The summed E-state index contributed by atoms with van der Waals surface area (Å²) in [5.74, 6) is 0.399. The third-order valence-electron chi connectivity index (χ3n) is 4.36. The van der Waals surface area contributed by atoms with Gasteiger partial charge in [-0.1, -0.05) is 32.9 Å². The van der Waals surface area contributed by atoms with Gasteiger partial charge in [-0.3, -0.25) is 25.2 Å². The van der Waals surface area contributed by atoms with Gasteiger partial charge in [0.25, 0.3) is 11.8 Å². The summed E-state index contributed by atoms with van der Waals surface area (Å²) in [6, 6.07) is 12.4. The molecular formula is C23H28N2O5. The molecule has 0 aliphatic rings. The van der Waals surface area contributed by atoms with Gasteiger partial charge in [0.2, 0.25) is 0 Å². The molecule has 0 heterocycles. The van der Waals surface area contributed by atoms with E-state index in [9.17, 15) is 14.4 Å². The van der Waals surface area contributed by atoms with E-state index >= 15 is 0 Å². The highest BCUT2D eigenvalue weighted by atomic mass is 16.5. The zero-order valence-electron chi connectivity index (χ0n) is 17.8. The molecule has 2 aromatic carbocycles. The summed E-state index contributed by atoms with van der Waals surface area (Å²) in [7, 11) is 0. The lowest BCUT2D eigenvalue weighted by molar-refractivity contribution is -0.131. The molecule has 0 radical (unpaired) electrons. The summed E-state index contributed by atoms with van der Waals surface area (Å²) < 4.78 is 11.0. The molecule has 0 fully saturated rings. The van der Waals surface area contributed by atoms with E-state index in [-0.39, 0.29) is 24.9 Å². The molecule has 2 aromatic rings. The monoisotopic (exact) mass is 412 g/mol. The first-order valence-corrected chi connectivity index (χ1v) is 9.87. The average Bonchev–Trinajstić information content (AvgIpc) is 2.74. The predicted molar refractivity (Wildman–Crippen MR) is 114 cm³/mol. The molecule has 2 rings (SSSR count). The smallest absolute Gasteiger partial charge is 0.276 e. The van der Waals surface area contributed by atoms with Crippen molar-refractivity contribution in [1.29, 1.82) is 0 Å². The zero-order valence-corrected chi connectivity index (χ0v) is 17.8. The van der Waals surface area contributed by atoms with Gasteiger partial charge in [0, 0.05) is 12.0 Å². The van der Waals surface area contributed by atoms with Crippen LogP contribution >= 0.6 is 0 Å². The van der Waals surface area contributed by atoms with E-state index in [0.717, 1.165) is 11.1 Å². The first-order chi connectivity index (χ1) is 14.3. The van der Waals surface area contributed by atoms with Crippen LogP contribution in [0.25, 0.3) is 0 Å². The molecule has 0 saturated carbocycles.